The Morgan fingerprint density at radius 1 is 1.33 bits per heavy atom. The summed E-state index contributed by atoms with van der Waals surface area (Å²) < 4.78 is 26.8. The van der Waals surface area contributed by atoms with Crippen LogP contribution < -0.4 is 10.5 Å². The van der Waals surface area contributed by atoms with Crippen molar-refractivity contribution in [3.05, 3.63) is 29.3 Å². The van der Waals surface area contributed by atoms with Crippen molar-refractivity contribution in [3.63, 3.8) is 0 Å². The van der Waals surface area contributed by atoms with Crippen molar-refractivity contribution in [3.8, 4) is 0 Å². The van der Waals surface area contributed by atoms with E-state index in [1.54, 1.807) is 0 Å². The fourth-order valence-corrected chi connectivity index (χ4v) is 3.71. The van der Waals surface area contributed by atoms with Crippen molar-refractivity contribution in [2.24, 2.45) is 5.73 Å². The molecule has 5 heteroatoms. The SMILES string of the molecule is CCC(CN)S(=O)(=O)Nc1ccc2c(c1)CCC2. The highest BCUT2D eigenvalue weighted by Gasteiger charge is 2.22. The highest BCUT2D eigenvalue weighted by Crippen LogP contribution is 2.25. The fourth-order valence-electron chi connectivity index (χ4n) is 2.40. The lowest BCUT2D eigenvalue weighted by Gasteiger charge is -2.16. The Bertz CT molecular complexity index is 522. The second-order valence-electron chi connectivity index (χ2n) is 4.75. The van der Waals surface area contributed by atoms with E-state index in [9.17, 15) is 8.42 Å². The van der Waals surface area contributed by atoms with Crippen LogP contribution in [0.2, 0.25) is 0 Å². The van der Waals surface area contributed by atoms with Gasteiger partial charge in [0.2, 0.25) is 10.0 Å². The Morgan fingerprint density at radius 2 is 2.06 bits per heavy atom. The normalized spacial score (nSPS) is 16.3. The highest BCUT2D eigenvalue weighted by atomic mass is 32.2. The molecule has 0 fully saturated rings. The molecule has 3 N–H and O–H groups in total. The minimum absolute atomic E-state index is 0.150. The van der Waals surface area contributed by atoms with Crippen molar-refractivity contribution in [2.45, 2.75) is 37.9 Å². The smallest absolute Gasteiger partial charge is 0.236 e. The van der Waals surface area contributed by atoms with Crippen molar-refractivity contribution in [2.75, 3.05) is 11.3 Å². The Labute approximate surface area is 109 Å². The Balaban J connectivity index is 2.19. The minimum atomic E-state index is -3.37. The standard InChI is InChI=1S/C13H20N2O2S/c1-2-13(9-14)18(16,17)15-12-7-6-10-4-3-5-11(10)8-12/h6-8,13,15H,2-5,9,14H2,1H3. The van der Waals surface area contributed by atoms with Gasteiger partial charge in [-0.15, -0.1) is 0 Å². The first-order valence-electron chi connectivity index (χ1n) is 6.40. The molecule has 1 aromatic carbocycles. The molecule has 4 nitrogen and oxygen atoms in total. The number of hydrogen-bond donors (Lipinski definition) is 2. The van der Waals surface area contributed by atoms with Crippen LogP contribution in [-0.4, -0.2) is 20.2 Å². The number of benzene rings is 1. The summed E-state index contributed by atoms with van der Waals surface area (Å²) in [6.07, 6.45) is 3.82. The van der Waals surface area contributed by atoms with Crippen LogP contribution in [0.25, 0.3) is 0 Å². The van der Waals surface area contributed by atoms with E-state index >= 15 is 0 Å². The first-order valence-corrected chi connectivity index (χ1v) is 7.95. The van der Waals surface area contributed by atoms with Crippen LogP contribution >= 0.6 is 0 Å². The predicted molar refractivity (Wildman–Crippen MR) is 74.1 cm³/mol. The fraction of sp³-hybridized carbons (Fsp3) is 0.538. The number of fused-ring (bicyclic) bond motifs is 1. The average molecular weight is 268 g/mol. The number of hydrogen-bond acceptors (Lipinski definition) is 3. The number of sulfonamides is 1. The summed E-state index contributed by atoms with van der Waals surface area (Å²) in [5, 5.41) is -0.522. The van der Waals surface area contributed by atoms with Gasteiger partial charge < -0.3 is 5.73 Å². The number of rotatable bonds is 5. The van der Waals surface area contributed by atoms with E-state index < -0.39 is 15.3 Å². The van der Waals surface area contributed by atoms with Gasteiger partial charge in [0.15, 0.2) is 0 Å². The van der Waals surface area contributed by atoms with E-state index in [2.05, 4.69) is 4.72 Å². The molecule has 0 amide bonds. The molecule has 0 heterocycles. The molecule has 1 aliphatic rings. The molecule has 1 aromatic rings. The van der Waals surface area contributed by atoms with E-state index in [4.69, 9.17) is 5.73 Å². The zero-order valence-corrected chi connectivity index (χ0v) is 11.5. The molecule has 100 valence electrons. The van der Waals surface area contributed by atoms with Gasteiger partial charge in [-0.2, -0.15) is 0 Å². The maximum absolute atomic E-state index is 12.1. The number of nitrogens with two attached hydrogens (primary N) is 1. The van der Waals surface area contributed by atoms with Gasteiger partial charge >= 0.3 is 0 Å². The summed E-state index contributed by atoms with van der Waals surface area (Å²) >= 11 is 0. The van der Waals surface area contributed by atoms with Crippen molar-refractivity contribution in [1.29, 1.82) is 0 Å². The van der Waals surface area contributed by atoms with E-state index in [-0.39, 0.29) is 6.54 Å². The summed E-state index contributed by atoms with van der Waals surface area (Å²) in [5.74, 6) is 0. The molecule has 0 spiro atoms. The quantitative estimate of drug-likeness (QED) is 0.853. The van der Waals surface area contributed by atoms with Crippen LogP contribution in [0.4, 0.5) is 5.69 Å². The first kappa shape index (κ1) is 13.4. The van der Waals surface area contributed by atoms with E-state index in [1.807, 2.05) is 25.1 Å². The van der Waals surface area contributed by atoms with Gasteiger partial charge in [-0.05, 0) is 48.9 Å². The van der Waals surface area contributed by atoms with Crippen LogP contribution in [0.3, 0.4) is 0 Å². The molecular formula is C13H20N2O2S. The summed E-state index contributed by atoms with van der Waals surface area (Å²) in [6.45, 7) is 1.98. The Kier molecular flexibility index (Phi) is 3.92. The first-order chi connectivity index (χ1) is 8.56. The molecule has 2 rings (SSSR count). The number of anilines is 1. The molecule has 0 saturated carbocycles. The zero-order valence-electron chi connectivity index (χ0n) is 10.6. The van der Waals surface area contributed by atoms with E-state index in [0.29, 0.717) is 12.1 Å². The van der Waals surface area contributed by atoms with Gasteiger partial charge in [-0.25, -0.2) is 8.42 Å². The Morgan fingerprint density at radius 3 is 2.72 bits per heavy atom. The number of aryl methyl sites for hydroxylation is 2. The average Bonchev–Trinajstić information content (AvgIpc) is 2.76. The summed E-state index contributed by atoms with van der Waals surface area (Å²) in [6, 6.07) is 5.80. The Hall–Kier alpha value is -1.07. The summed E-state index contributed by atoms with van der Waals surface area (Å²) in [7, 11) is -3.37. The van der Waals surface area contributed by atoms with Crippen molar-refractivity contribution < 1.29 is 8.42 Å². The third-order valence-corrected chi connectivity index (χ3v) is 5.44. The molecule has 0 saturated heterocycles. The van der Waals surface area contributed by atoms with Crippen molar-refractivity contribution in [1.82, 2.24) is 0 Å². The van der Waals surface area contributed by atoms with Gasteiger partial charge in [0.1, 0.15) is 0 Å². The second kappa shape index (κ2) is 5.28. The minimum Gasteiger partial charge on any atom is -0.329 e. The lowest BCUT2D eigenvalue weighted by Crippen LogP contribution is -2.33. The monoisotopic (exact) mass is 268 g/mol. The third-order valence-electron chi connectivity index (χ3n) is 3.52. The zero-order chi connectivity index (χ0) is 13.2. The summed E-state index contributed by atoms with van der Waals surface area (Å²) in [5.41, 5.74) is 8.75. The summed E-state index contributed by atoms with van der Waals surface area (Å²) in [4.78, 5) is 0. The molecule has 1 unspecified atom stereocenters. The van der Waals surface area contributed by atoms with Gasteiger partial charge in [-0.1, -0.05) is 13.0 Å². The van der Waals surface area contributed by atoms with Crippen LogP contribution in [0.1, 0.15) is 30.9 Å². The topological polar surface area (TPSA) is 72.2 Å². The van der Waals surface area contributed by atoms with E-state index in [0.717, 1.165) is 19.3 Å². The molecule has 0 aliphatic heterocycles. The van der Waals surface area contributed by atoms with Crippen LogP contribution in [0.15, 0.2) is 18.2 Å². The molecule has 1 aliphatic carbocycles. The third kappa shape index (κ3) is 2.67. The van der Waals surface area contributed by atoms with Crippen LogP contribution in [0, 0.1) is 0 Å². The van der Waals surface area contributed by atoms with Gasteiger partial charge in [0, 0.05) is 12.2 Å². The lowest BCUT2D eigenvalue weighted by molar-refractivity contribution is 0.581. The highest BCUT2D eigenvalue weighted by molar-refractivity contribution is 7.93. The molecular weight excluding hydrogens is 248 g/mol. The predicted octanol–water partition coefficient (Wildman–Crippen LogP) is 1.65. The van der Waals surface area contributed by atoms with Crippen LogP contribution in [0.5, 0.6) is 0 Å². The molecule has 18 heavy (non-hydrogen) atoms. The maximum atomic E-state index is 12.1. The number of nitrogens with one attached hydrogen (secondary N) is 1. The maximum Gasteiger partial charge on any atom is 0.236 e. The molecule has 0 radical (unpaired) electrons. The lowest BCUT2D eigenvalue weighted by atomic mass is 10.1. The largest absolute Gasteiger partial charge is 0.329 e. The van der Waals surface area contributed by atoms with Crippen LogP contribution in [-0.2, 0) is 22.9 Å². The van der Waals surface area contributed by atoms with E-state index in [1.165, 1.54) is 11.1 Å². The van der Waals surface area contributed by atoms with Crippen molar-refractivity contribution >= 4 is 15.7 Å². The molecule has 0 bridgehead atoms. The molecule has 0 aromatic heterocycles. The second-order valence-corrected chi connectivity index (χ2v) is 6.71. The van der Waals surface area contributed by atoms with Gasteiger partial charge in [-0.3, -0.25) is 4.72 Å². The van der Waals surface area contributed by atoms with Gasteiger partial charge in [0.25, 0.3) is 0 Å². The molecule has 1 atom stereocenters. The van der Waals surface area contributed by atoms with Gasteiger partial charge in [0.05, 0.1) is 5.25 Å².